The number of hydrogen-bond donors (Lipinski definition) is 3. The third-order valence-electron chi connectivity index (χ3n) is 2.87. The quantitative estimate of drug-likeness (QED) is 0.309. The van der Waals surface area contributed by atoms with Gasteiger partial charge in [0.05, 0.1) is 30.4 Å². The number of rotatable bonds is 3. The molecule has 1 saturated heterocycles. The molecule has 7 heteroatoms. The van der Waals surface area contributed by atoms with Crippen molar-refractivity contribution in [3.05, 3.63) is 18.2 Å². The van der Waals surface area contributed by atoms with Gasteiger partial charge in [-0.25, -0.2) is 4.98 Å². The molecule has 0 spiro atoms. The molecule has 18 heavy (non-hydrogen) atoms. The predicted molar refractivity (Wildman–Crippen MR) is 65.5 cm³/mol. The zero-order valence-corrected chi connectivity index (χ0v) is 10.2. The van der Waals surface area contributed by atoms with Gasteiger partial charge in [-0.05, 0) is 12.8 Å². The molecule has 0 aliphatic carbocycles. The van der Waals surface area contributed by atoms with Crippen LogP contribution in [0.15, 0.2) is 17.5 Å². The number of hydrogen-bond acceptors (Lipinski definition) is 4. The molecule has 0 radical (unpaired) electrons. The molecule has 0 amide bonds. The number of aromatic nitrogens is 2. The Morgan fingerprint density at radius 2 is 2.61 bits per heavy atom. The van der Waals surface area contributed by atoms with Crippen LogP contribution in [0.2, 0.25) is 0 Å². The van der Waals surface area contributed by atoms with Crippen molar-refractivity contribution in [2.75, 3.05) is 13.6 Å². The average molecular weight is 248 g/mol. The Kier molecular flexibility index (Phi) is 4.15. The van der Waals surface area contributed by atoms with Crippen molar-refractivity contribution in [3.63, 3.8) is 0 Å². The molecular weight excluding hydrogens is 232 g/mol. The summed E-state index contributed by atoms with van der Waals surface area (Å²) in [5.74, 6) is 0.464. The minimum Gasteiger partial charge on any atom is -0.367 e. The molecule has 0 saturated carbocycles. The van der Waals surface area contributed by atoms with Crippen LogP contribution in [0, 0.1) is 11.5 Å². The van der Waals surface area contributed by atoms with Crippen LogP contribution in [0.25, 0.3) is 0 Å². The summed E-state index contributed by atoms with van der Waals surface area (Å²) in [6.45, 7) is 0.631. The summed E-state index contributed by atoms with van der Waals surface area (Å²) in [6.07, 6.45) is 7.42. The van der Waals surface area contributed by atoms with E-state index in [1.807, 2.05) is 6.19 Å². The molecule has 1 fully saturated rings. The van der Waals surface area contributed by atoms with Crippen LogP contribution in [0.5, 0.6) is 0 Å². The molecule has 2 rings (SSSR count). The van der Waals surface area contributed by atoms with Gasteiger partial charge in [-0.2, -0.15) is 5.26 Å². The summed E-state index contributed by atoms with van der Waals surface area (Å²) >= 11 is 0. The van der Waals surface area contributed by atoms with E-state index in [4.69, 9.17) is 10.00 Å². The minimum atomic E-state index is 0.0882. The van der Waals surface area contributed by atoms with Gasteiger partial charge in [-0.1, -0.05) is 0 Å². The fourth-order valence-electron chi connectivity index (χ4n) is 1.97. The van der Waals surface area contributed by atoms with Crippen molar-refractivity contribution in [2.24, 2.45) is 4.99 Å². The number of nitrogens with one attached hydrogen (secondary N) is 3. The number of aromatic amines is 1. The topological polar surface area (TPSA) is 98.1 Å². The third kappa shape index (κ3) is 2.99. The lowest BCUT2D eigenvalue weighted by Gasteiger charge is -2.14. The Bertz CT molecular complexity index is 435. The highest BCUT2D eigenvalue weighted by atomic mass is 16.5. The number of guanidine groups is 1. The largest absolute Gasteiger partial charge is 0.367 e. The average Bonchev–Trinajstić information content (AvgIpc) is 3.04. The predicted octanol–water partition coefficient (Wildman–Crippen LogP) is 0.276. The molecule has 3 N–H and O–H groups in total. The molecule has 7 nitrogen and oxygen atoms in total. The standard InChI is InChI=1S/C11H16N6O/c1-13-11(16-6-12)15-4-8-2-3-10(18-8)9-5-14-7-17-9/h5,7-8,10H,2-4H2,1H3,(H,14,17)(H2,13,15,16)/t8-,10+/m1/s1. The van der Waals surface area contributed by atoms with Crippen LogP contribution in [0.4, 0.5) is 0 Å². The second-order valence-corrected chi connectivity index (χ2v) is 4.02. The molecular formula is C11H16N6O. The summed E-state index contributed by atoms with van der Waals surface area (Å²) < 4.78 is 5.88. The smallest absolute Gasteiger partial charge is 0.204 e. The molecule has 0 unspecified atom stereocenters. The van der Waals surface area contributed by atoms with Crippen LogP contribution in [-0.2, 0) is 4.74 Å². The first-order valence-electron chi connectivity index (χ1n) is 5.83. The van der Waals surface area contributed by atoms with Crippen LogP contribution < -0.4 is 10.6 Å². The number of ether oxygens (including phenoxy) is 1. The first kappa shape index (κ1) is 12.4. The van der Waals surface area contributed by atoms with Gasteiger partial charge >= 0.3 is 0 Å². The van der Waals surface area contributed by atoms with E-state index in [0.29, 0.717) is 12.5 Å². The highest BCUT2D eigenvalue weighted by molar-refractivity contribution is 5.80. The number of nitriles is 1. The summed E-state index contributed by atoms with van der Waals surface area (Å²) in [6, 6.07) is 0. The lowest BCUT2D eigenvalue weighted by Crippen LogP contribution is -2.38. The van der Waals surface area contributed by atoms with Crippen molar-refractivity contribution in [3.8, 4) is 6.19 Å². The Balaban J connectivity index is 1.78. The van der Waals surface area contributed by atoms with Crippen LogP contribution in [0.3, 0.4) is 0 Å². The van der Waals surface area contributed by atoms with Crippen LogP contribution in [-0.4, -0.2) is 35.6 Å². The Morgan fingerprint density at radius 3 is 3.28 bits per heavy atom. The van der Waals surface area contributed by atoms with Crippen molar-refractivity contribution in [2.45, 2.75) is 25.0 Å². The van der Waals surface area contributed by atoms with E-state index < -0.39 is 0 Å². The second-order valence-electron chi connectivity index (χ2n) is 4.02. The maximum absolute atomic E-state index is 8.50. The van der Waals surface area contributed by atoms with E-state index in [0.717, 1.165) is 18.5 Å². The Morgan fingerprint density at radius 1 is 1.72 bits per heavy atom. The molecule has 0 aromatic carbocycles. The normalized spacial score (nSPS) is 23.7. The zero-order valence-electron chi connectivity index (χ0n) is 10.2. The van der Waals surface area contributed by atoms with Gasteiger partial charge in [0.15, 0.2) is 6.19 Å². The van der Waals surface area contributed by atoms with E-state index >= 15 is 0 Å². The van der Waals surface area contributed by atoms with E-state index in [2.05, 4.69) is 25.6 Å². The van der Waals surface area contributed by atoms with E-state index in [1.165, 1.54) is 0 Å². The van der Waals surface area contributed by atoms with Gasteiger partial charge in [-0.3, -0.25) is 10.3 Å². The highest BCUT2D eigenvalue weighted by Gasteiger charge is 2.27. The first-order chi connectivity index (χ1) is 8.83. The SMILES string of the molecule is CN=C(NC#N)NC[C@H]1CC[C@@H](c2cnc[nH]2)O1. The lowest BCUT2D eigenvalue weighted by atomic mass is 10.1. The van der Waals surface area contributed by atoms with E-state index in [1.54, 1.807) is 19.6 Å². The molecule has 2 atom stereocenters. The van der Waals surface area contributed by atoms with Crippen molar-refractivity contribution in [1.29, 1.82) is 5.26 Å². The zero-order chi connectivity index (χ0) is 12.8. The monoisotopic (exact) mass is 248 g/mol. The second kappa shape index (κ2) is 6.02. The van der Waals surface area contributed by atoms with Gasteiger partial charge in [0.2, 0.25) is 5.96 Å². The van der Waals surface area contributed by atoms with Crippen LogP contribution in [0.1, 0.15) is 24.6 Å². The number of nitrogens with zero attached hydrogens (tertiary/aromatic N) is 3. The minimum absolute atomic E-state index is 0.0882. The first-order valence-corrected chi connectivity index (χ1v) is 5.83. The summed E-state index contributed by atoms with van der Waals surface area (Å²) in [4.78, 5) is 11.0. The van der Waals surface area contributed by atoms with Crippen molar-refractivity contribution >= 4 is 5.96 Å². The van der Waals surface area contributed by atoms with Gasteiger partial charge < -0.3 is 15.0 Å². The molecule has 96 valence electrons. The lowest BCUT2D eigenvalue weighted by molar-refractivity contribution is 0.0452. The number of H-pyrrole nitrogens is 1. The molecule has 1 aliphatic heterocycles. The molecule has 1 aromatic heterocycles. The van der Waals surface area contributed by atoms with Gasteiger partial charge in [-0.15, -0.1) is 0 Å². The van der Waals surface area contributed by atoms with E-state index in [9.17, 15) is 0 Å². The number of imidazole rings is 1. The molecule has 2 heterocycles. The van der Waals surface area contributed by atoms with Gasteiger partial charge in [0.1, 0.15) is 0 Å². The Hall–Kier alpha value is -2.07. The summed E-state index contributed by atoms with van der Waals surface area (Å²) in [7, 11) is 1.62. The third-order valence-corrected chi connectivity index (χ3v) is 2.87. The highest BCUT2D eigenvalue weighted by Crippen LogP contribution is 2.30. The number of aliphatic imine (C=N–C) groups is 1. The fourth-order valence-corrected chi connectivity index (χ4v) is 1.97. The van der Waals surface area contributed by atoms with Gasteiger partial charge in [0.25, 0.3) is 0 Å². The summed E-state index contributed by atoms with van der Waals surface area (Å²) in [5, 5.41) is 14.0. The van der Waals surface area contributed by atoms with E-state index in [-0.39, 0.29) is 12.2 Å². The maximum atomic E-state index is 8.50. The molecule has 1 aliphatic rings. The van der Waals surface area contributed by atoms with Crippen LogP contribution >= 0.6 is 0 Å². The Labute approximate surface area is 105 Å². The van der Waals surface area contributed by atoms with Gasteiger partial charge in [0, 0.05) is 13.6 Å². The maximum Gasteiger partial charge on any atom is 0.204 e. The van der Waals surface area contributed by atoms with Crippen molar-refractivity contribution < 1.29 is 4.74 Å². The van der Waals surface area contributed by atoms with Crippen molar-refractivity contribution in [1.82, 2.24) is 20.6 Å². The fraction of sp³-hybridized carbons (Fsp3) is 0.545. The molecule has 1 aromatic rings. The molecule has 0 bridgehead atoms. The summed E-state index contributed by atoms with van der Waals surface area (Å²) in [5.41, 5.74) is 1.01.